The van der Waals surface area contributed by atoms with E-state index in [4.69, 9.17) is 0 Å². The molecule has 0 aliphatic carbocycles. The van der Waals surface area contributed by atoms with Crippen LogP contribution in [-0.4, -0.2) is 12.2 Å². The van der Waals surface area contributed by atoms with Gasteiger partial charge in [-0.1, -0.05) is 18.2 Å². The highest BCUT2D eigenvalue weighted by molar-refractivity contribution is 6.08. The fourth-order valence-corrected chi connectivity index (χ4v) is 2.23. The van der Waals surface area contributed by atoms with Crippen LogP contribution in [0.3, 0.4) is 0 Å². The summed E-state index contributed by atoms with van der Waals surface area (Å²) in [5.74, 6) is -0.635. The highest BCUT2D eigenvalue weighted by Crippen LogP contribution is 2.35. The van der Waals surface area contributed by atoms with E-state index in [9.17, 15) is 22.8 Å². The minimum atomic E-state index is -4.50. The van der Waals surface area contributed by atoms with Crippen LogP contribution in [-0.2, 0) is 6.18 Å². The van der Waals surface area contributed by atoms with Gasteiger partial charge in [0.05, 0.1) is 11.1 Å². The van der Waals surface area contributed by atoms with E-state index < -0.39 is 17.6 Å². The maximum Gasteiger partial charge on any atom is 0.416 e. The highest BCUT2D eigenvalue weighted by atomic mass is 19.4. The Morgan fingerprint density at radius 1 is 1.13 bits per heavy atom. The third kappa shape index (κ3) is 3.59. The maximum atomic E-state index is 13.0. The standard InChI is InChI=1S/C17H14F3NO2/c1-10-7-13(8-15(11(10)2)17(18,19)20)21-16(23)14-6-4-3-5-12(14)9-22/h3-9H,1-2H3,(H,21,23). The van der Waals surface area contributed by atoms with Crippen LogP contribution < -0.4 is 5.32 Å². The Hall–Kier alpha value is -2.63. The number of anilines is 1. The van der Waals surface area contributed by atoms with Crippen molar-refractivity contribution in [2.75, 3.05) is 5.32 Å². The summed E-state index contributed by atoms with van der Waals surface area (Å²) in [6.45, 7) is 2.92. The van der Waals surface area contributed by atoms with Gasteiger partial charge in [-0.05, 0) is 43.2 Å². The molecule has 0 aliphatic rings. The predicted molar refractivity (Wildman–Crippen MR) is 80.7 cm³/mol. The largest absolute Gasteiger partial charge is 0.416 e. The Balaban J connectivity index is 2.39. The average Bonchev–Trinajstić information content (AvgIpc) is 2.49. The zero-order valence-corrected chi connectivity index (χ0v) is 12.5. The molecule has 2 rings (SSSR count). The predicted octanol–water partition coefficient (Wildman–Crippen LogP) is 4.39. The molecule has 0 atom stereocenters. The van der Waals surface area contributed by atoms with Gasteiger partial charge in [-0.3, -0.25) is 9.59 Å². The number of hydrogen-bond donors (Lipinski definition) is 1. The summed E-state index contributed by atoms with van der Waals surface area (Å²) in [5.41, 5.74) is 0.0457. The molecule has 6 heteroatoms. The lowest BCUT2D eigenvalue weighted by molar-refractivity contribution is -0.138. The molecular weight excluding hydrogens is 307 g/mol. The zero-order chi connectivity index (χ0) is 17.2. The van der Waals surface area contributed by atoms with Crippen LogP contribution in [0.25, 0.3) is 0 Å². The van der Waals surface area contributed by atoms with Gasteiger partial charge >= 0.3 is 6.18 Å². The first-order valence-corrected chi connectivity index (χ1v) is 6.78. The molecule has 120 valence electrons. The lowest BCUT2D eigenvalue weighted by Crippen LogP contribution is -2.16. The van der Waals surface area contributed by atoms with Crippen LogP contribution in [0.15, 0.2) is 36.4 Å². The zero-order valence-electron chi connectivity index (χ0n) is 12.5. The summed E-state index contributed by atoms with van der Waals surface area (Å²) in [6, 6.07) is 8.42. The van der Waals surface area contributed by atoms with E-state index in [1.165, 1.54) is 25.1 Å². The summed E-state index contributed by atoms with van der Waals surface area (Å²) < 4.78 is 39.1. The van der Waals surface area contributed by atoms with Crippen molar-refractivity contribution in [1.82, 2.24) is 0 Å². The van der Waals surface area contributed by atoms with Gasteiger partial charge in [0.2, 0.25) is 0 Å². The first-order chi connectivity index (χ1) is 10.7. The summed E-state index contributed by atoms with van der Waals surface area (Å²) in [7, 11) is 0. The number of carbonyl (C=O) groups excluding carboxylic acids is 2. The van der Waals surface area contributed by atoms with Crippen LogP contribution in [0.1, 0.15) is 37.4 Å². The van der Waals surface area contributed by atoms with E-state index in [0.29, 0.717) is 11.8 Å². The molecular formula is C17H14F3NO2. The molecule has 0 aliphatic heterocycles. The number of carbonyl (C=O) groups is 2. The van der Waals surface area contributed by atoms with Crippen molar-refractivity contribution in [3.8, 4) is 0 Å². The van der Waals surface area contributed by atoms with Gasteiger partial charge in [0.1, 0.15) is 0 Å². The van der Waals surface area contributed by atoms with E-state index >= 15 is 0 Å². The van der Waals surface area contributed by atoms with Gasteiger partial charge in [-0.25, -0.2) is 0 Å². The van der Waals surface area contributed by atoms with Crippen LogP contribution in [0, 0.1) is 13.8 Å². The van der Waals surface area contributed by atoms with E-state index in [0.717, 1.165) is 6.07 Å². The second kappa shape index (κ2) is 6.24. The molecule has 0 fully saturated rings. The Labute approximate surface area is 131 Å². The lowest BCUT2D eigenvalue weighted by atomic mass is 10.0. The van der Waals surface area contributed by atoms with Crippen LogP contribution in [0.4, 0.5) is 18.9 Å². The number of benzene rings is 2. The number of hydrogen-bond acceptors (Lipinski definition) is 2. The topological polar surface area (TPSA) is 46.2 Å². The van der Waals surface area contributed by atoms with Crippen molar-refractivity contribution < 1.29 is 22.8 Å². The van der Waals surface area contributed by atoms with Gasteiger partial charge in [-0.2, -0.15) is 13.2 Å². The van der Waals surface area contributed by atoms with Crippen molar-refractivity contribution in [1.29, 1.82) is 0 Å². The summed E-state index contributed by atoms with van der Waals surface area (Å²) in [5, 5.41) is 2.42. The third-order valence-corrected chi connectivity index (χ3v) is 3.56. The van der Waals surface area contributed by atoms with Crippen molar-refractivity contribution in [2.24, 2.45) is 0 Å². The van der Waals surface area contributed by atoms with E-state index in [1.54, 1.807) is 19.1 Å². The molecule has 3 nitrogen and oxygen atoms in total. The van der Waals surface area contributed by atoms with E-state index in [-0.39, 0.29) is 22.4 Å². The molecule has 0 radical (unpaired) electrons. The molecule has 1 N–H and O–H groups in total. The van der Waals surface area contributed by atoms with Crippen molar-refractivity contribution in [3.63, 3.8) is 0 Å². The Morgan fingerprint density at radius 2 is 1.78 bits per heavy atom. The van der Waals surface area contributed by atoms with Crippen molar-refractivity contribution >= 4 is 17.9 Å². The van der Waals surface area contributed by atoms with Gasteiger partial charge in [0.15, 0.2) is 6.29 Å². The molecule has 2 aromatic rings. The Bertz CT molecular complexity index is 767. The van der Waals surface area contributed by atoms with Gasteiger partial charge in [0.25, 0.3) is 5.91 Å². The third-order valence-electron chi connectivity index (χ3n) is 3.56. The van der Waals surface area contributed by atoms with Gasteiger partial charge in [0, 0.05) is 11.3 Å². The molecule has 0 spiro atoms. The molecule has 0 saturated carbocycles. The fraction of sp³-hybridized carbons (Fsp3) is 0.176. The number of halogens is 3. The first kappa shape index (κ1) is 16.7. The van der Waals surface area contributed by atoms with Crippen LogP contribution >= 0.6 is 0 Å². The van der Waals surface area contributed by atoms with Crippen LogP contribution in [0.2, 0.25) is 0 Å². The quantitative estimate of drug-likeness (QED) is 0.852. The number of rotatable bonds is 3. The number of nitrogens with one attached hydrogen (secondary N) is 1. The molecule has 1 amide bonds. The van der Waals surface area contributed by atoms with E-state index in [2.05, 4.69) is 5.32 Å². The minimum absolute atomic E-state index is 0.0335. The molecule has 2 aromatic carbocycles. The summed E-state index contributed by atoms with van der Waals surface area (Å²) in [4.78, 5) is 23.1. The van der Waals surface area contributed by atoms with Crippen molar-refractivity contribution in [3.05, 3.63) is 64.2 Å². The second-order valence-corrected chi connectivity index (χ2v) is 5.12. The number of alkyl halides is 3. The molecule has 0 unspecified atom stereocenters. The molecule has 0 saturated heterocycles. The van der Waals surface area contributed by atoms with Gasteiger partial charge < -0.3 is 5.32 Å². The number of amides is 1. The SMILES string of the molecule is Cc1cc(NC(=O)c2ccccc2C=O)cc(C(F)(F)F)c1C. The maximum absolute atomic E-state index is 13.0. The number of aldehydes is 1. The smallest absolute Gasteiger partial charge is 0.322 e. The lowest BCUT2D eigenvalue weighted by Gasteiger charge is -2.15. The molecule has 0 aromatic heterocycles. The van der Waals surface area contributed by atoms with Gasteiger partial charge in [-0.15, -0.1) is 0 Å². The van der Waals surface area contributed by atoms with Crippen LogP contribution in [0.5, 0.6) is 0 Å². The summed E-state index contributed by atoms with van der Waals surface area (Å²) in [6.07, 6.45) is -3.98. The van der Waals surface area contributed by atoms with Crippen molar-refractivity contribution in [2.45, 2.75) is 20.0 Å². The first-order valence-electron chi connectivity index (χ1n) is 6.78. The monoisotopic (exact) mass is 321 g/mol. The normalized spacial score (nSPS) is 11.2. The highest BCUT2D eigenvalue weighted by Gasteiger charge is 2.33. The molecule has 0 bridgehead atoms. The fourth-order valence-electron chi connectivity index (χ4n) is 2.23. The molecule has 0 heterocycles. The molecule has 23 heavy (non-hydrogen) atoms. The van der Waals surface area contributed by atoms with E-state index in [1.807, 2.05) is 0 Å². The average molecular weight is 321 g/mol. The Morgan fingerprint density at radius 3 is 2.39 bits per heavy atom. The summed E-state index contributed by atoms with van der Waals surface area (Å²) >= 11 is 0. The second-order valence-electron chi connectivity index (χ2n) is 5.12. The minimum Gasteiger partial charge on any atom is -0.322 e. The Kier molecular flexibility index (Phi) is 4.54. The number of aryl methyl sites for hydroxylation is 1.